The minimum absolute atomic E-state index is 0.0852. The van der Waals surface area contributed by atoms with Crippen LogP contribution >= 0.6 is 0 Å². The van der Waals surface area contributed by atoms with Crippen molar-refractivity contribution >= 4 is 17.8 Å². The Morgan fingerprint density at radius 2 is 1.85 bits per heavy atom. The molecule has 2 saturated heterocycles. The van der Waals surface area contributed by atoms with Crippen molar-refractivity contribution < 1.29 is 23.9 Å². The highest BCUT2D eigenvalue weighted by molar-refractivity contribution is 6.09. The summed E-state index contributed by atoms with van der Waals surface area (Å²) in [7, 11) is 3.24. The van der Waals surface area contributed by atoms with E-state index in [4.69, 9.17) is 9.47 Å². The molecule has 1 aromatic carbocycles. The second kappa shape index (κ2) is 10.2. The number of rotatable bonds is 7. The van der Waals surface area contributed by atoms with Crippen LogP contribution in [0.1, 0.15) is 63.9 Å². The Hall–Kier alpha value is -2.77. The number of amides is 4. The van der Waals surface area contributed by atoms with Gasteiger partial charge in [-0.25, -0.2) is 4.79 Å². The van der Waals surface area contributed by atoms with Gasteiger partial charge in [0.25, 0.3) is 5.91 Å². The summed E-state index contributed by atoms with van der Waals surface area (Å²) in [4.78, 5) is 42.4. The zero-order chi connectivity index (χ0) is 24.3. The zero-order valence-electron chi connectivity index (χ0n) is 20.6. The molecular weight excluding hydrogens is 434 g/mol. The minimum Gasteiger partial charge on any atom is -0.493 e. The minimum atomic E-state index is -0.829. The van der Waals surface area contributed by atoms with Gasteiger partial charge in [-0.2, -0.15) is 0 Å². The predicted octanol–water partition coefficient (Wildman–Crippen LogP) is 3.52. The first kappa shape index (κ1) is 24.4. The highest BCUT2D eigenvalue weighted by Gasteiger charge is 2.55. The van der Waals surface area contributed by atoms with E-state index in [1.54, 1.807) is 14.2 Å². The lowest BCUT2D eigenvalue weighted by atomic mass is 9.73. The summed E-state index contributed by atoms with van der Waals surface area (Å²) < 4.78 is 10.7. The summed E-state index contributed by atoms with van der Waals surface area (Å²) in [5, 5.41) is 2.95. The van der Waals surface area contributed by atoms with Gasteiger partial charge in [-0.1, -0.05) is 25.8 Å². The van der Waals surface area contributed by atoms with Gasteiger partial charge >= 0.3 is 6.03 Å². The highest BCUT2D eigenvalue weighted by Crippen LogP contribution is 2.38. The Labute approximate surface area is 201 Å². The molecule has 3 aliphatic rings. The number of carbonyl (C=O) groups excluding carboxylic acids is 3. The van der Waals surface area contributed by atoms with Gasteiger partial charge in [-0.3, -0.25) is 14.5 Å². The molecule has 1 spiro atoms. The van der Waals surface area contributed by atoms with E-state index in [0.29, 0.717) is 24.5 Å². The summed E-state index contributed by atoms with van der Waals surface area (Å²) in [6, 6.07) is 5.57. The Balaban J connectivity index is 1.41. The Morgan fingerprint density at radius 3 is 2.59 bits per heavy atom. The fourth-order valence-electron chi connectivity index (χ4n) is 5.86. The standard InChI is InChI=1S/C26H37N3O5/c1-18-8-4-6-14-26(18)24(31)29(25(32)27-26)17-23(30)28-15-7-5-9-20(28)12-10-19-11-13-21(33-2)22(16-19)34-3/h11,13,16,18,20H,4-10,12,14-15,17H2,1-3H3,(H,27,32). The molecule has 8 nitrogen and oxygen atoms in total. The van der Waals surface area contributed by atoms with E-state index in [2.05, 4.69) is 5.32 Å². The van der Waals surface area contributed by atoms with Crippen LogP contribution in [0.5, 0.6) is 11.5 Å². The molecule has 4 rings (SSSR count). The van der Waals surface area contributed by atoms with Crippen LogP contribution in [0.3, 0.4) is 0 Å². The van der Waals surface area contributed by atoms with Gasteiger partial charge in [0.15, 0.2) is 11.5 Å². The normalized spacial score (nSPS) is 27.1. The first-order valence-corrected chi connectivity index (χ1v) is 12.5. The van der Waals surface area contributed by atoms with E-state index in [9.17, 15) is 14.4 Å². The van der Waals surface area contributed by atoms with Gasteiger partial charge in [0.2, 0.25) is 5.91 Å². The second-order valence-corrected chi connectivity index (χ2v) is 9.90. The molecule has 0 radical (unpaired) electrons. The average Bonchev–Trinajstić information content (AvgIpc) is 3.09. The number of piperidine rings is 1. The van der Waals surface area contributed by atoms with Crippen LogP contribution in [0.4, 0.5) is 4.79 Å². The molecule has 2 heterocycles. The monoisotopic (exact) mass is 471 g/mol. The third-order valence-electron chi connectivity index (χ3n) is 7.96. The second-order valence-electron chi connectivity index (χ2n) is 9.90. The van der Waals surface area contributed by atoms with Crippen molar-refractivity contribution in [2.24, 2.45) is 5.92 Å². The lowest BCUT2D eigenvalue weighted by Crippen LogP contribution is -2.54. The van der Waals surface area contributed by atoms with E-state index in [1.165, 1.54) is 0 Å². The Morgan fingerprint density at radius 1 is 1.09 bits per heavy atom. The number of methoxy groups -OCH3 is 2. The van der Waals surface area contributed by atoms with Crippen LogP contribution in [-0.4, -0.2) is 66.5 Å². The molecule has 3 fully saturated rings. The van der Waals surface area contributed by atoms with E-state index in [0.717, 1.165) is 61.8 Å². The van der Waals surface area contributed by atoms with Crippen molar-refractivity contribution in [1.82, 2.24) is 15.1 Å². The molecular formula is C26H37N3O5. The van der Waals surface area contributed by atoms with Crippen LogP contribution < -0.4 is 14.8 Å². The molecule has 3 atom stereocenters. The number of nitrogens with zero attached hydrogens (tertiary/aromatic N) is 2. The SMILES string of the molecule is COc1ccc(CCC2CCCCN2C(=O)CN2C(=O)NC3(CCCCC3C)C2=O)cc1OC. The molecule has 186 valence electrons. The topological polar surface area (TPSA) is 88.2 Å². The molecule has 1 aliphatic carbocycles. The third kappa shape index (κ3) is 4.59. The largest absolute Gasteiger partial charge is 0.493 e. The maximum atomic E-state index is 13.3. The van der Waals surface area contributed by atoms with Gasteiger partial charge in [0, 0.05) is 12.6 Å². The molecule has 2 aliphatic heterocycles. The number of nitrogens with one attached hydrogen (secondary N) is 1. The number of benzene rings is 1. The first-order valence-electron chi connectivity index (χ1n) is 12.5. The molecule has 1 saturated carbocycles. The van der Waals surface area contributed by atoms with E-state index in [1.807, 2.05) is 30.0 Å². The number of urea groups is 1. The number of hydrogen-bond acceptors (Lipinski definition) is 5. The third-order valence-corrected chi connectivity index (χ3v) is 7.96. The molecule has 8 heteroatoms. The van der Waals surface area contributed by atoms with Crippen molar-refractivity contribution in [3.8, 4) is 11.5 Å². The van der Waals surface area contributed by atoms with Crippen LogP contribution in [0.15, 0.2) is 18.2 Å². The summed E-state index contributed by atoms with van der Waals surface area (Å²) in [6.07, 6.45) is 8.13. The summed E-state index contributed by atoms with van der Waals surface area (Å²) in [5.74, 6) is 1.11. The quantitative estimate of drug-likeness (QED) is 0.615. The smallest absolute Gasteiger partial charge is 0.325 e. The van der Waals surface area contributed by atoms with Crippen LogP contribution in [0.2, 0.25) is 0 Å². The molecule has 0 aromatic heterocycles. The van der Waals surface area contributed by atoms with Gasteiger partial charge in [0.1, 0.15) is 12.1 Å². The van der Waals surface area contributed by atoms with E-state index >= 15 is 0 Å². The Kier molecular flexibility index (Phi) is 7.33. The number of imide groups is 1. The fraction of sp³-hybridized carbons (Fsp3) is 0.654. The van der Waals surface area contributed by atoms with Crippen molar-refractivity contribution in [1.29, 1.82) is 0 Å². The zero-order valence-corrected chi connectivity index (χ0v) is 20.6. The molecule has 1 aromatic rings. The summed E-state index contributed by atoms with van der Waals surface area (Å²) >= 11 is 0. The lowest BCUT2D eigenvalue weighted by Gasteiger charge is -2.38. The highest BCUT2D eigenvalue weighted by atomic mass is 16.5. The van der Waals surface area contributed by atoms with Crippen molar-refractivity contribution in [2.45, 2.75) is 76.3 Å². The Bertz CT molecular complexity index is 935. The van der Waals surface area contributed by atoms with Gasteiger partial charge in [-0.15, -0.1) is 0 Å². The molecule has 34 heavy (non-hydrogen) atoms. The van der Waals surface area contributed by atoms with Crippen molar-refractivity contribution in [3.63, 3.8) is 0 Å². The van der Waals surface area contributed by atoms with Crippen LogP contribution in [0, 0.1) is 5.92 Å². The van der Waals surface area contributed by atoms with Gasteiger partial charge < -0.3 is 19.7 Å². The number of hydrogen-bond donors (Lipinski definition) is 1. The fourth-order valence-corrected chi connectivity index (χ4v) is 5.86. The number of carbonyl (C=O) groups is 3. The predicted molar refractivity (Wildman–Crippen MR) is 128 cm³/mol. The molecule has 3 unspecified atom stereocenters. The number of ether oxygens (including phenoxy) is 2. The maximum absolute atomic E-state index is 13.3. The number of likely N-dealkylation sites (tertiary alicyclic amines) is 1. The van der Waals surface area contributed by atoms with Crippen molar-refractivity contribution in [3.05, 3.63) is 23.8 Å². The van der Waals surface area contributed by atoms with Crippen molar-refractivity contribution in [2.75, 3.05) is 27.3 Å². The molecule has 4 amide bonds. The molecule has 0 bridgehead atoms. The average molecular weight is 472 g/mol. The van der Waals surface area contributed by atoms with Gasteiger partial charge in [0.05, 0.1) is 14.2 Å². The van der Waals surface area contributed by atoms with Crippen LogP contribution in [-0.2, 0) is 16.0 Å². The summed E-state index contributed by atoms with van der Waals surface area (Å²) in [6.45, 7) is 2.52. The van der Waals surface area contributed by atoms with E-state index in [-0.39, 0.29) is 30.3 Å². The molecule has 1 N–H and O–H groups in total. The first-order chi connectivity index (χ1) is 16.4. The lowest BCUT2D eigenvalue weighted by molar-refractivity contribution is -0.142. The van der Waals surface area contributed by atoms with E-state index < -0.39 is 11.6 Å². The van der Waals surface area contributed by atoms with Gasteiger partial charge in [-0.05, 0) is 68.6 Å². The van der Waals surface area contributed by atoms with Crippen LogP contribution in [0.25, 0.3) is 0 Å². The summed E-state index contributed by atoms with van der Waals surface area (Å²) in [5.41, 5.74) is 0.294. The maximum Gasteiger partial charge on any atom is 0.325 e. The number of aryl methyl sites for hydroxylation is 1.